The molecule has 4 rings (SSSR count). The minimum Gasteiger partial charge on any atom is -0.297 e. The van der Waals surface area contributed by atoms with Crippen LogP contribution >= 0.6 is 11.6 Å². The topological polar surface area (TPSA) is 50.1 Å². The molecular formula is C22H24ClFN6. The fraction of sp³-hybridized carbons (Fsp3) is 0.318. The lowest BCUT2D eigenvalue weighted by atomic mass is 10.0. The van der Waals surface area contributed by atoms with Crippen LogP contribution in [0.3, 0.4) is 0 Å². The van der Waals surface area contributed by atoms with Crippen LogP contribution in [0.2, 0.25) is 5.02 Å². The number of piperazine rings is 1. The van der Waals surface area contributed by atoms with Crippen molar-refractivity contribution in [2.75, 3.05) is 32.7 Å². The Morgan fingerprint density at radius 2 is 1.73 bits per heavy atom. The summed E-state index contributed by atoms with van der Waals surface area (Å²) >= 11 is 6.13. The Morgan fingerprint density at radius 1 is 1.03 bits per heavy atom. The molecule has 6 nitrogen and oxygen atoms in total. The molecule has 1 aliphatic heterocycles. The van der Waals surface area contributed by atoms with Gasteiger partial charge in [0.05, 0.1) is 12.6 Å². The first-order chi connectivity index (χ1) is 14.6. The molecule has 0 unspecified atom stereocenters. The number of rotatable bonds is 7. The summed E-state index contributed by atoms with van der Waals surface area (Å²) in [4.78, 5) is 4.78. The largest absolute Gasteiger partial charge is 0.297 e. The zero-order chi connectivity index (χ0) is 20.9. The van der Waals surface area contributed by atoms with Gasteiger partial charge in [-0.15, -0.1) is 11.7 Å². The summed E-state index contributed by atoms with van der Waals surface area (Å²) in [6.07, 6.45) is 1.94. The zero-order valence-electron chi connectivity index (χ0n) is 16.7. The summed E-state index contributed by atoms with van der Waals surface area (Å²) < 4.78 is 15.1. The summed E-state index contributed by atoms with van der Waals surface area (Å²) in [6.45, 7) is 8.90. The van der Waals surface area contributed by atoms with Crippen molar-refractivity contribution in [3.8, 4) is 0 Å². The Bertz CT molecular complexity index is 964. The maximum atomic E-state index is 13.3. The first-order valence-corrected chi connectivity index (χ1v) is 10.3. The molecule has 0 spiro atoms. The number of aromatic nitrogens is 4. The van der Waals surface area contributed by atoms with Crippen LogP contribution in [0.1, 0.15) is 23.0 Å². The molecule has 30 heavy (non-hydrogen) atoms. The van der Waals surface area contributed by atoms with Crippen molar-refractivity contribution in [2.24, 2.45) is 0 Å². The molecular weight excluding hydrogens is 403 g/mol. The Morgan fingerprint density at radius 3 is 2.40 bits per heavy atom. The second-order valence-corrected chi connectivity index (χ2v) is 7.84. The van der Waals surface area contributed by atoms with Crippen LogP contribution < -0.4 is 0 Å². The predicted molar refractivity (Wildman–Crippen MR) is 115 cm³/mol. The molecule has 0 aliphatic carbocycles. The summed E-state index contributed by atoms with van der Waals surface area (Å²) in [7, 11) is 0. The maximum absolute atomic E-state index is 13.3. The van der Waals surface area contributed by atoms with Crippen molar-refractivity contribution in [1.82, 2.24) is 30.0 Å². The first kappa shape index (κ1) is 20.7. The Balaban J connectivity index is 1.63. The van der Waals surface area contributed by atoms with Gasteiger partial charge in [0.15, 0.2) is 5.82 Å². The van der Waals surface area contributed by atoms with E-state index in [9.17, 15) is 4.39 Å². The molecule has 0 amide bonds. The van der Waals surface area contributed by atoms with E-state index in [1.165, 1.54) is 12.1 Å². The van der Waals surface area contributed by atoms with Crippen molar-refractivity contribution < 1.29 is 4.39 Å². The number of benzene rings is 2. The second kappa shape index (κ2) is 9.47. The van der Waals surface area contributed by atoms with Gasteiger partial charge in [0.1, 0.15) is 5.82 Å². The van der Waals surface area contributed by atoms with E-state index >= 15 is 0 Å². The number of hydrogen-bond donors (Lipinski definition) is 0. The normalized spacial score (nSPS) is 16.5. The SMILES string of the molecule is C=CCN1CCN([C@H](c2ccc(Cl)cc2)c2nnnn2Cc2ccc(F)cc2)CC1. The van der Waals surface area contributed by atoms with Crippen LogP contribution in [0.15, 0.2) is 61.2 Å². The number of halogens is 2. The molecule has 0 saturated carbocycles. The van der Waals surface area contributed by atoms with Gasteiger partial charge in [0.25, 0.3) is 0 Å². The third-order valence-corrected chi connectivity index (χ3v) is 5.65. The standard InChI is InChI=1S/C22H24ClFN6/c1-2-11-28-12-14-29(15-13-28)21(18-5-7-19(23)8-6-18)22-25-26-27-30(22)16-17-3-9-20(24)10-4-17/h2-10,21H,1,11-16H2/t21-/m1/s1. The maximum Gasteiger partial charge on any atom is 0.173 e. The Hall–Kier alpha value is -2.61. The van der Waals surface area contributed by atoms with E-state index in [0.29, 0.717) is 11.6 Å². The third-order valence-electron chi connectivity index (χ3n) is 5.39. The van der Waals surface area contributed by atoms with E-state index in [-0.39, 0.29) is 11.9 Å². The third kappa shape index (κ3) is 4.75. The average molecular weight is 427 g/mol. The molecule has 2 heterocycles. The van der Waals surface area contributed by atoms with Crippen LogP contribution in [0.4, 0.5) is 4.39 Å². The summed E-state index contributed by atoms with van der Waals surface area (Å²) in [6, 6.07) is 14.2. The van der Waals surface area contributed by atoms with E-state index in [0.717, 1.165) is 49.7 Å². The molecule has 0 N–H and O–H groups in total. The van der Waals surface area contributed by atoms with E-state index < -0.39 is 0 Å². The highest BCUT2D eigenvalue weighted by molar-refractivity contribution is 6.30. The zero-order valence-corrected chi connectivity index (χ0v) is 17.4. The summed E-state index contributed by atoms with van der Waals surface area (Å²) in [5.41, 5.74) is 2.03. The first-order valence-electron chi connectivity index (χ1n) is 9.97. The molecule has 8 heteroatoms. The van der Waals surface area contributed by atoms with E-state index in [1.807, 2.05) is 30.3 Å². The Labute approximate surface area is 180 Å². The molecule has 1 aliphatic rings. The van der Waals surface area contributed by atoms with Gasteiger partial charge in [-0.3, -0.25) is 9.80 Å². The lowest BCUT2D eigenvalue weighted by molar-refractivity contribution is 0.112. The minimum absolute atomic E-state index is 0.0939. The van der Waals surface area contributed by atoms with Gasteiger partial charge in [-0.25, -0.2) is 9.07 Å². The highest BCUT2D eigenvalue weighted by Gasteiger charge is 2.30. The highest BCUT2D eigenvalue weighted by atomic mass is 35.5. The van der Waals surface area contributed by atoms with Crippen molar-refractivity contribution >= 4 is 11.6 Å². The van der Waals surface area contributed by atoms with Gasteiger partial charge in [-0.05, 0) is 45.8 Å². The lowest BCUT2D eigenvalue weighted by Crippen LogP contribution is -2.48. The monoisotopic (exact) mass is 426 g/mol. The predicted octanol–water partition coefficient (Wildman–Crippen LogP) is 3.41. The molecule has 156 valence electrons. The van der Waals surface area contributed by atoms with Gasteiger partial charge in [0, 0.05) is 37.7 Å². The molecule has 1 aromatic heterocycles. The van der Waals surface area contributed by atoms with Crippen LogP contribution in [-0.2, 0) is 6.54 Å². The average Bonchev–Trinajstić information content (AvgIpc) is 3.20. The van der Waals surface area contributed by atoms with Gasteiger partial charge in [-0.1, -0.05) is 41.9 Å². The molecule has 3 aromatic rings. The van der Waals surface area contributed by atoms with Crippen molar-refractivity contribution in [1.29, 1.82) is 0 Å². The summed E-state index contributed by atoms with van der Waals surface area (Å²) in [5, 5.41) is 13.3. The minimum atomic E-state index is -0.257. The lowest BCUT2D eigenvalue weighted by Gasteiger charge is -2.38. The van der Waals surface area contributed by atoms with Gasteiger partial charge >= 0.3 is 0 Å². The van der Waals surface area contributed by atoms with Gasteiger partial charge in [0.2, 0.25) is 0 Å². The fourth-order valence-electron chi connectivity index (χ4n) is 3.84. The van der Waals surface area contributed by atoms with Crippen LogP contribution in [0.5, 0.6) is 0 Å². The number of nitrogens with zero attached hydrogens (tertiary/aromatic N) is 6. The number of hydrogen-bond acceptors (Lipinski definition) is 5. The van der Waals surface area contributed by atoms with E-state index in [4.69, 9.17) is 11.6 Å². The van der Waals surface area contributed by atoms with Crippen LogP contribution in [-0.4, -0.2) is 62.7 Å². The van der Waals surface area contributed by atoms with Crippen molar-refractivity contribution in [3.63, 3.8) is 0 Å². The van der Waals surface area contributed by atoms with E-state index in [1.54, 1.807) is 16.8 Å². The smallest absolute Gasteiger partial charge is 0.173 e. The van der Waals surface area contributed by atoms with Crippen LogP contribution in [0, 0.1) is 5.82 Å². The molecule has 0 bridgehead atoms. The van der Waals surface area contributed by atoms with Crippen molar-refractivity contribution in [2.45, 2.75) is 12.6 Å². The quantitative estimate of drug-likeness (QED) is 0.542. The highest BCUT2D eigenvalue weighted by Crippen LogP contribution is 2.29. The van der Waals surface area contributed by atoms with E-state index in [2.05, 4.69) is 31.9 Å². The molecule has 1 fully saturated rings. The molecule has 1 atom stereocenters. The molecule has 2 aromatic carbocycles. The Kier molecular flexibility index (Phi) is 6.52. The molecule has 0 radical (unpaired) electrons. The van der Waals surface area contributed by atoms with Crippen LogP contribution in [0.25, 0.3) is 0 Å². The number of tetrazole rings is 1. The van der Waals surface area contributed by atoms with Crippen molar-refractivity contribution in [3.05, 3.63) is 89.0 Å². The van der Waals surface area contributed by atoms with Gasteiger partial charge < -0.3 is 0 Å². The van der Waals surface area contributed by atoms with Gasteiger partial charge in [-0.2, -0.15) is 0 Å². The molecule has 1 saturated heterocycles. The second-order valence-electron chi connectivity index (χ2n) is 7.40. The fourth-order valence-corrected chi connectivity index (χ4v) is 3.96. The summed E-state index contributed by atoms with van der Waals surface area (Å²) in [5.74, 6) is 0.506.